The quantitative estimate of drug-likeness (QED) is 0.554. The highest BCUT2D eigenvalue weighted by Crippen LogP contribution is 2.03. The molecule has 1 heterocycles. The van der Waals surface area contributed by atoms with E-state index >= 15 is 0 Å². The maximum Gasteiger partial charge on any atom is 0.0431 e. The van der Waals surface area contributed by atoms with Gasteiger partial charge in [-0.2, -0.15) is 0 Å². The molecule has 0 spiro atoms. The van der Waals surface area contributed by atoms with Gasteiger partial charge in [-0.25, -0.2) is 0 Å². The predicted molar refractivity (Wildman–Crippen MR) is 52.2 cm³/mol. The molecule has 0 bridgehead atoms. The largest absolute Gasteiger partial charge is 0.396 e. The summed E-state index contributed by atoms with van der Waals surface area (Å²) >= 11 is 0. The van der Waals surface area contributed by atoms with Gasteiger partial charge in [-0.3, -0.25) is 4.98 Å². The van der Waals surface area contributed by atoms with Crippen LogP contribution in [0.25, 0.3) is 0 Å². The van der Waals surface area contributed by atoms with Gasteiger partial charge in [0.2, 0.25) is 0 Å². The Bertz CT molecular complexity index is 284. The highest BCUT2D eigenvalue weighted by atomic mass is 16.2. The summed E-state index contributed by atoms with van der Waals surface area (Å²) in [6, 6.07) is 3.83. The summed E-state index contributed by atoms with van der Waals surface area (Å²) in [7, 11) is 0. The lowest BCUT2D eigenvalue weighted by atomic mass is 10.1. The van der Waals surface area contributed by atoms with Crippen molar-refractivity contribution in [3.63, 3.8) is 0 Å². The van der Waals surface area contributed by atoms with E-state index in [-0.39, 0.29) is 6.61 Å². The Balaban J connectivity index is 2.46. The second-order valence-corrected chi connectivity index (χ2v) is 2.86. The zero-order valence-corrected chi connectivity index (χ0v) is 7.53. The van der Waals surface area contributed by atoms with Crippen LogP contribution in [0.15, 0.2) is 18.3 Å². The van der Waals surface area contributed by atoms with E-state index in [0.717, 1.165) is 30.5 Å². The standard InChI is InChI=1S/C11H13NO/c1-2-10-6-7-11(12-9-10)5-3-4-8-13/h1,6-7,9,13H,3-5,8H2. The fourth-order valence-electron chi connectivity index (χ4n) is 1.08. The number of nitrogens with zero attached hydrogens (tertiary/aromatic N) is 1. The molecule has 0 unspecified atom stereocenters. The number of aliphatic hydroxyl groups is 1. The summed E-state index contributed by atoms with van der Waals surface area (Å²) in [5, 5.41) is 8.58. The molecule has 68 valence electrons. The molecule has 0 amide bonds. The highest BCUT2D eigenvalue weighted by Gasteiger charge is 1.94. The number of hydrogen-bond acceptors (Lipinski definition) is 2. The van der Waals surface area contributed by atoms with E-state index in [1.54, 1.807) is 6.20 Å². The normalized spacial score (nSPS) is 9.54. The van der Waals surface area contributed by atoms with Gasteiger partial charge in [-0.05, 0) is 31.4 Å². The molecule has 0 saturated carbocycles. The summed E-state index contributed by atoms with van der Waals surface area (Å²) in [6.07, 6.45) is 9.61. The Morgan fingerprint density at radius 3 is 2.77 bits per heavy atom. The van der Waals surface area contributed by atoms with Crippen LogP contribution in [0.4, 0.5) is 0 Å². The smallest absolute Gasteiger partial charge is 0.0431 e. The summed E-state index contributed by atoms with van der Waals surface area (Å²) < 4.78 is 0. The molecule has 1 aromatic heterocycles. The molecule has 2 nitrogen and oxygen atoms in total. The molecule has 0 aromatic carbocycles. The van der Waals surface area contributed by atoms with Gasteiger partial charge in [-0.15, -0.1) is 6.42 Å². The fraction of sp³-hybridized carbons (Fsp3) is 0.364. The third kappa shape index (κ3) is 3.27. The molecule has 0 fully saturated rings. The molecule has 0 aliphatic carbocycles. The molecule has 0 aliphatic rings. The average molecular weight is 175 g/mol. The van der Waals surface area contributed by atoms with E-state index < -0.39 is 0 Å². The molecular weight excluding hydrogens is 162 g/mol. The summed E-state index contributed by atoms with van der Waals surface area (Å²) in [5.74, 6) is 2.52. The van der Waals surface area contributed by atoms with Crippen molar-refractivity contribution in [1.29, 1.82) is 0 Å². The molecule has 0 aliphatic heterocycles. The Labute approximate surface area is 78.6 Å². The van der Waals surface area contributed by atoms with Crippen LogP contribution in [0, 0.1) is 12.3 Å². The van der Waals surface area contributed by atoms with Crippen LogP contribution in [0.1, 0.15) is 24.1 Å². The third-order valence-corrected chi connectivity index (χ3v) is 1.83. The van der Waals surface area contributed by atoms with Crippen molar-refractivity contribution in [2.24, 2.45) is 0 Å². The van der Waals surface area contributed by atoms with Gasteiger partial charge in [0.1, 0.15) is 0 Å². The van der Waals surface area contributed by atoms with Gasteiger partial charge >= 0.3 is 0 Å². The maximum atomic E-state index is 8.58. The van der Waals surface area contributed by atoms with Crippen molar-refractivity contribution >= 4 is 0 Å². The second-order valence-electron chi connectivity index (χ2n) is 2.86. The monoisotopic (exact) mass is 175 g/mol. The third-order valence-electron chi connectivity index (χ3n) is 1.83. The van der Waals surface area contributed by atoms with Crippen molar-refractivity contribution < 1.29 is 5.11 Å². The lowest BCUT2D eigenvalue weighted by molar-refractivity contribution is 0.284. The van der Waals surface area contributed by atoms with Crippen LogP contribution >= 0.6 is 0 Å². The van der Waals surface area contributed by atoms with Crippen molar-refractivity contribution in [2.45, 2.75) is 19.3 Å². The van der Waals surface area contributed by atoms with Gasteiger partial charge in [-0.1, -0.05) is 5.92 Å². The van der Waals surface area contributed by atoms with Crippen LogP contribution in [0.3, 0.4) is 0 Å². The molecule has 13 heavy (non-hydrogen) atoms. The van der Waals surface area contributed by atoms with Gasteiger partial charge in [0.05, 0.1) is 0 Å². The number of hydrogen-bond donors (Lipinski definition) is 1. The summed E-state index contributed by atoms with van der Waals surface area (Å²) in [6.45, 7) is 0.252. The molecule has 0 saturated heterocycles. The lowest BCUT2D eigenvalue weighted by Crippen LogP contribution is -1.92. The van der Waals surface area contributed by atoms with Crippen LogP contribution in [0.2, 0.25) is 0 Å². The number of rotatable bonds is 4. The number of aryl methyl sites for hydroxylation is 1. The maximum absolute atomic E-state index is 8.58. The molecule has 0 atom stereocenters. The van der Waals surface area contributed by atoms with E-state index in [1.807, 2.05) is 12.1 Å². The van der Waals surface area contributed by atoms with E-state index in [1.165, 1.54) is 0 Å². The molecule has 1 N–H and O–H groups in total. The Hall–Kier alpha value is -1.33. The number of aliphatic hydroxyl groups excluding tert-OH is 1. The molecular formula is C11H13NO. The Kier molecular flexibility index (Phi) is 4.01. The number of unbranched alkanes of at least 4 members (excludes halogenated alkanes) is 1. The number of pyridine rings is 1. The zero-order chi connectivity index (χ0) is 9.52. The first kappa shape index (κ1) is 9.76. The van der Waals surface area contributed by atoms with Crippen LogP contribution in [0.5, 0.6) is 0 Å². The predicted octanol–water partition coefficient (Wildman–Crippen LogP) is 1.38. The molecule has 1 aromatic rings. The van der Waals surface area contributed by atoms with Crippen molar-refractivity contribution in [1.82, 2.24) is 4.98 Å². The van der Waals surface area contributed by atoms with Gasteiger partial charge in [0, 0.05) is 24.1 Å². The van der Waals surface area contributed by atoms with Crippen molar-refractivity contribution in [3.05, 3.63) is 29.6 Å². The Morgan fingerprint density at radius 1 is 1.38 bits per heavy atom. The average Bonchev–Trinajstić information content (AvgIpc) is 2.19. The minimum absolute atomic E-state index is 0.252. The first-order valence-electron chi connectivity index (χ1n) is 4.39. The summed E-state index contributed by atoms with van der Waals surface area (Å²) in [4.78, 5) is 4.20. The van der Waals surface area contributed by atoms with E-state index in [2.05, 4.69) is 10.9 Å². The first-order valence-corrected chi connectivity index (χ1v) is 4.39. The SMILES string of the molecule is C#Cc1ccc(CCCCO)nc1. The van der Waals surface area contributed by atoms with Gasteiger partial charge in [0.15, 0.2) is 0 Å². The fourth-order valence-corrected chi connectivity index (χ4v) is 1.08. The van der Waals surface area contributed by atoms with Crippen molar-refractivity contribution in [3.8, 4) is 12.3 Å². The molecule has 2 heteroatoms. The van der Waals surface area contributed by atoms with Crippen LogP contribution in [-0.2, 0) is 6.42 Å². The zero-order valence-electron chi connectivity index (χ0n) is 7.53. The van der Waals surface area contributed by atoms with E-state index in [4.69, 9.17) is 11.5 Å². The molecule has 0 radical (unpaired) electrons. The minimum atomic E-state index is 0.252. The van der Waals surface area contributed by atoms with Crippen LogP contribution < -0.4 is 0 Å². The topological polar surface area (TPSA) is 33.1 Å². The van der Waals surface area contributed by atoms with Crippen LogP contribution in [-0.4, -0.2) is 16.7 Å². The first-order chi connectivity index (χ1) is 6.36. The highest BCUT2D eigenvalue weighted by molar-refractivity contribution is 5.29. The van der Waals surface area contributed by atoms with Gasteiger partial charge < -0.3 is 5.11 Å². The van der Waals surface area contributed by atoms with Gasteiger partial charge in [0.25, 0.3) is 0 Å². The van der Waals surface area contributed by atoms with E-state index in [0.29, 0.717) is 0 Å². The number of terminal acetylenes is 1. The summed E-state index contributed by atoms with van der Waals surface area (Å²) in [5.41, 5.74) is 1.85. The van der Waals surface area contributed by atoms with E-state index in [9.17, 15) is 0 Å². The van der Waals surface area contributed by atoms with Crippen molar-refractivity contribution in [2.75, 3.05) is 6.61 Å². The Morgan fingerprint density at radius 2 is 2.23 bits per heavy atom. The second kappa shape index (κ2) is 5.34. The molecule has 1 rings (SSSR count). The lowest BCUT2D eigenvalue weighted by Gasteiger charge is -1.98. The minimum Gasteiger partial charge on any atom is -0.396 e. The number of aromatic nitrogens is 1.